The van der Waals surface area contributed by atoms with Gasteiger partial charge in [-0.2, -0.15) is 0 Å². The maximum absolute atomic E-state index is 12.9. The van der Waals surface area contributed by atoms with Crippen LogP contribution in [0.15, 0.2) is 39.8 Å². The first-order valence-electron chi connectivity index (χ1n) is 4.95. The summed E-state index contributed by atoms with van der Waals surface area (Å²) in [6.45, 7) is 0. The van der Waals surface area contributed by atoms with Crippen molar-refractivity contribution in [2.45, 2.75) is 10.6 Å². The summed E-state index contributed by atoms with van der Waals surface area (Å²) in [5.74, 6) is -2.07. The highest BCUT2D eigenvalue weighted by atomic mass is 32.2. The third-order valence-electron chi connectivity index (χ3n) is 2.17. The van der Waals surface area contributed by atoms with Gasteiger partial charge in [-0.1, -0.05) is 0 Å². The van der Waals surface area contributed by atoms with Crippen molar-refractivity contribution in [1.82, 2.24) is 0 Å². The van der Waals surface area contributed by atoms with Crippen LogP contribution in [0, 0.1) is 11.6 Å². The standard InChI is InChI=1S/C12H8F2O3S/c13-10-2-1-9(4-11(10)14)18-6-8-3-7(5-17-8)12(15)16/h1-5H,6H2,(H,15,16). The molecule has 1 aromatic carbocycles. The van der Waals surface area contributed by atoms with Crippen LogP contribution in [-0.2, 0) is 5.75 Å². The first-order chi connectivity index (χ1) is 8.56. The van der Waals surface area contributed by atoms with Gasteiger partial charge >= 0.3 is 5.97 Å². The first kappa shape index (κ1) is 12.6. The largest absolute Gasteiger partial charge is 0.478 e. The van der Waals surface area contributed by atoms with E-state index < -0.39 is 17.6 Å². The topological polar surface area (TPSA) is 50.4 Å². The summed E-state index contributed by atoms with van der Waals surface area (Å²) in [6.07, 6.45) is 1.14. The van der Waals surface area contributed by atoms with Crippen LogP contribution >= 0.6 is 11.8 Å². The van der Waals surface area contributed by atoms with Crippen LogP contribution in [0.25, 0.3) is 0 Å². The van der Waals surface area contributed by atoms with Gasteiger partial charge < -0.3 is 9.52 Å². The van der Waals surface area contributed by atoms with Crippen molar-refractivity contribution in [3.8, 4) is 0 Å². The van der Waals surface area contributed by atoms with Gasteiger partial charge in [-0.3, -0.25) is 0 Å². The van der Waals surface area contributed by atoms with E-state index in [1.165, 1.54) is 23.9 Å². The summed E-state index contributed by atoms with van der Waals surface area (Å²) in [4.78, 5) is 11.2. The van der Waals surface area contributed by atoms with Crippen molar-refractivity contribution in [3.05, 3.63) is 53.5 Å². The molecule has 0 spiro atoms. The number of aromatic carboxylic acids is 1. The summed E-state index contributed by atoms with van der Waals surface area (Å²) < 4.78 is 30.6. The zero-order valence-corrected chi connectivity index (χ0v) is 9.84. The Morgan fingerprint density at radius 2 is 2.06 bits per heavy atom. The minimum Gasteiger partial charge on any atom is -0.478 e. The number of thioether (sulfide) groups is 1. The molecule has 0 aliphatic rings. The van der Waals surface area contributed by atoms with E-state index >= 15 is 0 Å². The van der Waals surface area contributed by atoms with Crippen LogP contribution in [0.1, 0.15) is 16.1 Å². The lowest BCUT2D eigenvalue weighted by atomic mass is 10.3. The fraction of sp³-hybridized carbons (Fsp3) is 0.0833. The second-order valence-electron chi connectivity index (χ2n) is 3.47. The van der Waals surface area contributed by atoms with Crippen LogP contribution in [-0.4, -0.2) is 11.1 Å². The number of benzene rings is 1. The van der Waals surface area contributed by atoms with Crippen molar-refractivity contribution in [2.75, 3.05) is 0 Å². The van der Waals surface area contributed by atoms with Crippen LogP contribution in [0.2, 0.25) is 0 Å². The summed E-state index contributed by atoms with van der Waals surface area (Å²) in [6, 6.07) is 4.98. The molecule has 3 nitrogen and oxygen atoms in total. The summed E-state index contributed by atoms with van der Waals surface area (Å²) in [7, 11) is 0. The number of hydrogen-bond donors (Lipinski definition) is 1. The van der Waals surface area contributed by atoms with E-state index in [4.69, 9.17) is 9.52 Å². The molecular weight excluding hydrogens is 262 g/mol. The molecule has 1 N–H and O–H groups in total. The third-order valence-corrected chi connectivity index (χ3v) is 3.19. The highest BCUT2D eigenvalue weighted by molar-refractivity contribution is 7.98. The van der Waals surface area contributed by atoms with Gasteiger partial charge in [0.05, 0.1) is 11.3 Å². The van der Waals surface area contributed by atoms with Crippen LogP contribution in [0.3, 0.4) is 0 Å². The Labute approximate surface area is 105 Å². The molecule has 0 saturated carbocycles. The number of rotatable bonds is 4. The van der Waals surface area contributed by atoms with Crippen molar-refractivity contribution < 1.29 is 23.1 Å². The van der Waals surface area contributed by atoms with Crippen molar-refractivity contribution in [3.63, 3.8) is 0 Å². The molecule has 94 valence electrons. The Bertz CT molecular complexity index is 580. The molecule has 0 unspecified atom stereocenters. The van der Waals surface area contributed by atoms with Crippen LogP contribution < -0.4 is 0 Å². The summed E-state index contributed by atoms with van der Waals surface area (Å²) >= 11 is 1.23. The van der Waals surface area contributed by atoms with Crippen LogP contribution in [0.5, 0.6) is 0 Å². The van der Waals surface area contributed by atoms with E-state index in [1.807, 2.05) is 0 Å². The first-order valence-corrected chi connectivity index (χ1v) is 5.93. The van der Waals surface area contributed by atoms with Gasteiger partial charge in [-0.05, 0) is 24.3 Å². The molecule has 0 atom stereocenters. The molecule has 0 bridgehead atoms. The zero-order chi connectivity index (χ0) is 13.1. The molecule has 0 aliphatic heterocycles. The molecule has 0 amide bonds. The zero-order valence-electron chi connectivity index (χ0n) is 9.02. The minimum absolute atomic E-state index is 0.0656. The molecule has 0 saturated heterocycles. The average molecular weight is 270 g/mol. The Morgan fingerprint density at radius 3 is 2.67 bits per heavy atom. The maximum Gasteiger partial charge on any atom is 0.338 e. The fourth-order valence-electron chi connectivity index (χ4n) is 1.29. The van der Waals surface area contributed by atoms with Gasteiger partial charge in [0, 0.05) is 4.90 Å². The highest BCUT2D eigenvalue weighted by Gasteiger charge is 2.09. The van der Waals surface area contributed by atoms with E-state index in [9.17, 15) is 13.6 Å². The molecule has 1 heterocycles. The van der Waals surface area contributed by atoms with E-state index in [0.717, 1.165) is 18.4 Å². The molecule has 2 aromatic rings. The Hall–Kier alpha value is -1.82. The second-order valence-corrected chi connectivity index (χ2v) is 4.52. The smallest absolute Gasteiger partial charge is 0.338 e. The van der Waals surface area contributed by atoms with Crippen molar-refractivity contribution >= 4 is 17.7 Å². The van der Waals surface area contributed by atoms with Gasteiger partial charge in [-0.25, -0.2) is 13.6 Å². The average Bonchev–Trinajstić information content (AvgIpc) is 2.79. The number of hydrogen-bond acceptors (Lipinski definition) is 3. The van der Waals surface area contributed by atoms with Crippen molar-refractivity contribution in [2.24, 2.45) is 0 Å². The summed E-state index contributed by atoms with van der Waals surface area (Å²) in [5.41, 5.74) is 0.0656. The van der Waals surface area contributed by atoms with Crippen molar-refractivity contribution in [1.29, 1.82) is 0 Å². The monoisotopic (exact) mass is 270 g/mol. The van der Waals surface area contributed by atoms with E-state index in [2.05, 4.69) is 0 Å². The van der Waals surface area contributed by atoms with E-state index in [1.54, 1.807) is 0 Å². The van der Waals surface area contributed by atoms with Crippen LogP contribution in [0.4, 0.5) is 8.78 Å². The lowest BCUT2D eigenvalue weighted by Gasteiger charge is -2.00. The fourth-order valence-corrected chi connectivity index (χ4v) is 2.10. The number of furan rings is 1. The second kappa shape index (κ2) is 5.22. The lowest BCUT2D eigenvalue weighted by Crippen LogP contribution is -1.91. The van der Waals surface area contributed by atoms with E-state index in [-0.39, 0.29) is 5.56 Å². The van der Waals surface area contributed by atoms with Gasteiger partial charge in [0.2, 0.25) is 0 Å². The van der Waals surface area contributed by atoms with Gasteiger partial charge in [0.1, 0.15) is 12.0 Å². The number of carboxylic acids is 1. The summed E-state index contributed by atoms with van der Waals surface area (Å²) in [5, 5.41) is 8.69. The predicted octanol–water partition coefficient (Wildman–Crippen LogP) is 3.55. The van der Waals surface area contributed by atoms with Gasteiger partial charge in [0.25, 0.3) is 0 Å². The molecule has 0 radical (unpaired) electrons. The molecular formula is C12H8F2O3S. The molecule has 18 heavy (non-hydrogen) atoms. The normalized spacial score (nSPS) is 10.6. The Balaban J connectivity index is 2.02. The minimum atomic E-state index is -1.07. The maximum atomic E-state index is 12.9. The quantitative estimate of drug-likeness (QED) is 0.863. The lowest BCUT2D eigenvalue weighted by molar-refractivity contribution is 0.0696. The third kappa shape index (κ3) is 2.89. The van der Waals surface area contributed by atoms with Gasteiger partial charge in [0.15, 0.2) is 11.6 Å². The Morgan fingerprint density at radius 1 is 1.28 bits per heavy atom. The highest BCUT2D eigenvalue weighted by Crippen LogP contribution is 2.25. The number of carboxylic acid groups (broad SMARTS) is 1. The number of halogens is 2. The molecule has 2 rings (SSSR count). The van der Waals surface area contributed by atoms with Gasteiger partial charge in [-0.15, -0.1) is 11.8 Å². The molecule has 1 aromatic heterocycles. The van der Waals surface area contributed by atoms with E-state index in [0.29, 0.717) is 16.4 Å². The SMILES string of the molecule is O=C(O)c1coc(CSc2ccc(F)c(F)c2)c1. The molecule has 0 fully saturated rings. The Kier molecular flexibility index (Phi) is 3.66. The molecule has 0 aliphatic carbocycles. The molecule has 6 heteroatoms. The number of carbonyl (C=O) groups is 1. The predicted molar refractivity (Wildman–Crippen MR) is 61.6 cm³/mol.